The second kappa shape index (κ2) is 6.37. The summed E-state index contributed by atoms with van der Waals surface area (Å²) in [6, 6.07) is 2.22. The molecule has 0 unspecified atom stereocenters. The smallest absolute Gasteiger partial charge is 0.240 e. The molecule has 1 aliphatic carbocycles. The maximum absolute atomic E-state index is 13.1. The Morgan fingerprint density at radius 1 is 1.05 bits per heavy atom. The summed E-state index contributed by atoms with van der Waals surface area (Å²) < 4.78 is 52.8. The fourth-order valence-corrected chi connectivity index (χ4v) is 3.79. The first-order valence-corrected chi connectivity index (χ1v) is 8.54. The number of hydrogen-bond donors (Lipinski definition) is 2. The van der Waals surface area contributed by atoms with Crippen molar-refractivity contribution >= 4 is 10.0 Å². The van der Waals surface area contributed by atoms with E-state index in [9.17, 15) is 17.2 Å². The van der Waals surface area contributed by atoms with Crippen molar-refractivity contribution in [3.05, 3.63) is 29.8 Å². The van der Waals surface area contributed by atoms with Gasteiger partial charge in [-0.15, -0.1) is 0 Å². The summed E-state index contributed by atoms with van der Waals surface area (Å²) in [6.07, 6.45) is 5.61. The van der Waals surface area contributed by atoms with Crippen molar-refractivity contribution in [3.63, 3.8) is 0 Å². The van der Waals surface area contributed by atoms with Crippen LogP contribution in [0.5, 0.6) is 0 Å². The van der Waals surface area contributed by atoms with Crippen LogP contribution in [-0.4, -0.2) is 20.5 Å². The van der Waals surface area contributed by atoms with Crippen molar-refractivity contribution in [2.75, 3.05) is 6.54 Å². The van der Waals surface area contributed by atoms with Gasteiger partial charge in [-0.05, 0) is 25.0 Å². The van der Waals surface area contributed by atoms with Crippen LogP contribution in [0.25, 0.3) is 0 Å². The van der Waals surface area contributed by atoms with Gasteiger partial charge in [0.15, 0.2) is 0 Å². The standard InChI is InChI=1S/C14H20F2N2O2S/c15-11-7-12(16)9-13(8-11)21(19,20)18-10-14(17)5-3-1-2-4-6-14/h7-9,18H,1-6,10,17H2. The monoisotopic (exact) mass is 318 g/mol. The highest BCUT2D eigenvalue weighted by Gasteiger charge is 2.28. The molecular formula is C14H20F2N2O2S. The van der Waals surface area contributed by atoms with Gasteiger partial charge in [-0.1, -0.05) is 25.7 Å². The van der Waals surface area contributed by atoms with Gasteiger partial charge in [-0.2, -0.15) is 0 Å². The normalized spacial score (nSPS) is 19.2. The molecule has 1 saturated carbocycles. The highest BCUT2D eigenvalue weighted by molar-refractivity contribution is 7.89. The molecule has 3 N–H and O–H groups in total. The molecule has 0 bridgehead atoms. The van der Waals surface area contributed by atoms with Gasteiger partial charge in [-0.3, -0.25) is 0 Å². The summed E-state index contributed by atoms with van der Waals surface area (Å²) in [5.74, 6) is -1.85. The van der Waals surface area contributed by atoms with Crippen LogP contribution in [0, 0.1) is 11.6 Å². The van der Waals surface area contributed by atoms with E-state index in [4.69, 9.17) is 5.73 Å². The molecule has 0 aliphatic heterocycles. The van der Waals surface area contributed by atoms with E-state index < -0.39 is 32.1 Å². The molecule has 4 nitrogen and oxygen atoms in total. The fourth-order valence-electron chi connectivity index (χ4n) is 2.62. The molecule has 1 fully saturated rings. The Balaban J connectivity index is 2.10. The summed E-state index contributed by atoms with van der Waals surface area (Å²) >= 11 is 0. The molecule has 0 aromatic heterocycles. The minimum absolute atomic E-state index is 0.0769. The molecule has 0 heterocycles. The van der Waals surface area contributed by atoms with E-state index in [1.54, 1.807) is 0 Å². The van der Waals surface area contributed by atoms with Crippen LogP contribution >= 0.6 is 0 Å². The predicted molar refractivity (Wildman–Crippen MR) is 76.2 cm³/mol. The zero-order chi connectivity index (χ0) is 15.5. The average Bonchev–Trinajstić information content (AvgIpc) is 2.61. The first-order valence-electron chi connectivity index (χ1n) is 7.05. The minimum Gasteiger partial charge on any atom is -0.324 e. The lowest BCUT2D eigenvalue weighted by Crippen LogP contribution is -2.49. The Kier molecular flexibility index (Phi) is 4.95. The number of nitrogens with one attached hydrogen (secondary N) is 1. The zero-order valence-electron chi connectivity index (χ0n) is 11.7. The van der Waals surface area contributed by atoms with E-state index >= 15 is 0 Å². The number of hydrogen-bond acceptors (Lipinski definition) is 3. The van der Waals surface area contributed by atoms with E-state index in [-0.39, 0.29) is 6.54 Å². The van der Waals surface area contributed by atoms with Crippen molar-refractivity contribution in [1.82, 2.24) is 4.72 Å². The summed E-state index contributed by atoms with van der Waals surface area (Å²) in [5.41, 5.74) is 5.64. The second-order valence-electron chi connectivity index (χ2n) is 5.71. The quantitative estimate of drug-likeness (QED) is 0.837. The molecule has 1 aromatic carbocycles. The van der Waals surface area contributed by atoms with Crippen LogP contribution in [0.2, 0.25) is 0 Å². The van der Waals surface area contributed by atoms with E-state index in [0.717, 1.165) is 50.7 Å². The summed E-state index contributed by atoms with van der Waals surface area (Å²) in [7, 11) is -3.96. The Labute approximate surface area is 123 Å². The van der Waals surface area contributed by atoms with Crippen LogP contribution in [0.15, 0.2) is 23.1 Å². The molecule has 1 aromatic rings. The Morgan fingerprint density at radius 2 is 1.57 bits per heavy atom. The Hall–Kier alpha value is -1.05. The lowest BCUT2D eigenvalue weighted by atomic mass is 9.92. The van der Waals surface area contributed by atoms with E-state index in [2.05, 4.69) is 4.72 Å². The third kappa shape index (κ3) is 4.46. The van der Waals surface area contributed by atoms with Crippen LogP contribution < -0.4 is 10.5 Å². The Bertz CT molecular complexity index is 577. The van der Waals surface area contributed by atoms with Crippen molar-refractivity contribution in [2.45, 2.75) is 49.0 Å². The minimum atomic E-state index is -3.96. The summed E-state index contributed by atoms with van der Waals surface area (Å²) in [5, 5.41) is 0. The third-order valence-electron chi connectivity index (χ3n) is 3.86. The van der Waals surface area contributed by atoms with Crippen LogP contribution in [0.1, 0.15) is 38.5 Å². The topological polar surface area (TPSA) is 72.2 Å². The van der Waals surface area contributed by atoms with Gasteiger partial charge in [0, 0.05) is 18.2 Å². The van der Waals surface area contributed by atoms with Gasteiger partial charge >= 0.3 is 0 Å². The maximum Gasteiger partial charge on any atom is 0.240 e. The van der Waals surface area contributed by atoms with Crippen LogP contribution in [0.3, 0.4) is 0 Å². The summed E-state index contributed by atoms with van der Waals surface area (Å²) in [6.45, 7) is 0.0769. The Morgan fingerprint density at radius 3 is 2.10 bits per heavy atom. The van der Waals surface area contributed by atoms with E-state index in [1.807, 2.05) is 0 Å². The summed E-state index contributed by atoms with van der Waals surface area (Å²) in [4.78, 5) is -0.419. The second-order valence-corrected chi connectivity index (χ2v) is 7.47. The van der Waals surface area contributed by atoms with E-state index in [0.29, 0.717) is 6.07 Å². The molecule has 0 atom stereocenters. The van der Waals surface area contributed by atoms with Crippen LogP contribution in [0.4, 0.5) is 8.78 Å². The van der Waals surface area contributed by atoms with Crippen molar-refractivity contribution < 1.29 is 17.2 Å². The van der Waals surface area contributed by atoms with Gasteiger partial charge in [0.25, 0.3) is 0 Å². The third-order valence-corrected chi connectivity index (χ3v) is 5.24. The van der Waals surface area contributed by atoms with Gasteiger partial charge < -0.3 is 5.73 Å². The molecule has 0 radical (unpaired) electrons. The van der Waals surface area contributed by atoms with Crippen molar-refractivity contribution in [1.29, 1.82) is 0 Å². The molecule has 0 spiro atoms. The molecular weight excluding hydrogens is 298 g/mol. The highest BCUT2D eigenvalue weighted by atomic mass is 32.2. The SMILES string of the molecule is NC1(CNS(=O)(=O)c2cc(F)cc(F)c2)CCCCCC1. The molecule has 21 heavy (non-hydrogen) atoms. The van der Waals surface area contributed by atoms with Gasteiger partial charge in [-0.25, -0.2) is 21.9 Å². The highest BCUT2D eigenvalue weighted by Crippen LogP contribution is 2.25. The number of rotatable bonds is 4. The number of nitrogens with two attached hydrogens (primary N) is 1. The molecule has 118 valence electrons. The van der Waals surface area contributed by atoms with Crippen molar-refractivity contribution in [2.24, 2.45) is 5.73 Å². The number of halogens is 2. The molecule has 0 amide bonds. The predicted octanol–water partition coefficient (Wildman–Crippen LogP) is 2.29. The fraction of sp³-hybridized carbons (Fsp3) is 0.571. The van der Waals surface area contributed by atoms with Gasteiger partial charge in [0.05, 0.1) is 4.90 Å². The molecule has 1 aliphatic rings. The van der Waals surface area contributed by atoms with Crippen LogP contribution in [-0.2, 0) is 10.0 Å². The largest absolute Gasteiger partial charge is 0.324 e. The van der Waals surface area contributed by atoms with Crippen molar-refractivity contribution in [3.8, 4) is 0 Å². The van der Waals surface area contributed by atoms with E-state index in [1.165, 1.54) is 0 Å². The number of sulfonamides is 1. The maximum atomic E-state index is 13.1. The first kappa shape index (κ1) is 16.3. The van der Waals surface area contributed by atoms with Gasteiger partial charge in [0.2, 0.25) is 10.0 Å². The number of benzene rings is 1. The molecule has 0 saturated heterocycles. The lowest BCUT2D eigenvalue weighted by Gasteiger charge is -2.28. The molecule has 7 heteroatoms. The lowest BCUT2D eigenvalue weighted by molar-refractivity contribution is 0.369. The first-order chi connectivity index (χ1) is 9.81. The average molecular weight is 318 g/mol. The van der Waals surface area contributed by atoms with Gasteiger partial charge in [0.1, 0.15) is 11.6 Å². The molecule has 2 rings (SSSR count). The zero-order valence-corrected chi connectivity index (χ0v) is 12.6.